The minimum absolute atomic E-state index is 0.109. The third-order valence-electron chi connectivity index (χ3n) is 2.53. The van der Waals surface area contributed by atoms with E-state index in [-0.39, 0.29) is 5.76 Å². The van der Waals surface area contributed by atoms with Crippen LogP contribution in [0.25, 0.3) is 0 Å². The quantitative estimate of drug-likeness (QED) is 0.310. The van der Waals surface area contributed by atoms with Crippen molar-refractivity contribution in [3.8, 4) is 0 Å². The number of hydrogen-bond acceptors (Lipinski definition) is 1. The van der Waals surface area contributed by atoms with Gasteiger partial charge in [0.25, 0.3) is 0 Å². The van der Waals surface area contributed by atoms with Crippen molar-refractivity contribution in [2.75, 3.05) is 0 Å². The summed E-state index contributed by atoms with van der Waals surface area (Å²) in [5, 5.41) is 8.27. The number of aliphatic hydroxyl groups excluding tert-OH is 1. The molecule has 0 bridgehead atoms. The average Bonchev–Trinajstić information content (AvgIpc) is 2.70. The van der Waals surface area contributed by atoms with E-state index < -0.39 is 0 Å². The second-order valence-corrected chi connectivity index (χ2v) is 4.27. The van der Waals surface area contributed by atoms with Crippen LogP contribution in [0.3, 0.4) is 0 Å². The lowest BCUT2D eigenvalue weighted by Crippen LogP contribution is -1.85. The van der Waals surface area contributed by atoms with Crippen LogP contribution in [0.2, 0.25) is 0 Å². The summed E-state index contributed by atoms with van der Waals surface area (Å²) in [5.41, 5.74) is 0. The lowest BCUT2D eigenvalue weighted by atomic mass is 10.0. The molecule has 2 rings (SSSR count). The van der Waals surface area contributed by atoms with Crippen molar-refractivity contribution < 1.29 is 5.11 Å². The van der Waals surface area contributed by atoms with E-state index in [1.807, 2.05) is 71.0 Å². The van der Waals surface area contributed by atoms with Crippen molar-refractivity contribution in [1.82, 2.24) is 0 Å². The van der Waals surface area contributed by atoms with Crippen molar-refractivity contribution >= 4 is 0 Å². The zero-order valence-electron chi connectivity index (χ0n) is 16.9. The molecule has 0 unspecified atom stereocenters. The first-order valence-electron chi connectivity index (χ1n) is 9.28. The lowest BCUT2D eigenvalue weighted by Gasteiger charge is -2.05. The molecule has 0 radical (unpaired) electrons. The minimum Gasteiger partial charge on any atom is -0.509 e. The maximum Gasteiger partial charge on any atom is 0.108 e. The van der Waals surface area contributed by atoms with Crippen LogP contribution in [0, 0.1) is 0 Å². The second-order valence-electron chi connectivity index (χ2n) is 4.27. The molecular formula is C23H42O. The zero-order chi connectivity index (χ0) is 19.5. The lowest BCUT2D eigenvalue weighted by molar-refractivity contribution is 0.435. The standard InChI is InChI=1S/C6H12.C6H6.C5H8O.2C2H6.C2H4/c2*1-2-4-6-5-3-1;1-3-4-5(2)6;3*1-2/h1-6H2;1-6H;3-4,6H,2H2,1H3;2*1-2H3;1-2H2/b;;4-3-;;;. The molecule has 1 N–H and O–H groups in total. The fourth-order valence-corrected chi connectivity index (χ4v) is 1.64. The van der Waals surface area contributed by atoms with Crippen LogP contribution in [0.4, 0.5) is 0 Å². The molecule has 1 aliphatic carbocycles. The summed E-state index contributed by atoms with van der Waals surface area (Å²) in [6, 6.07) is 12.0. The second kappa shape index (κ2) is 37.5. The predicted octanol–water partition coefficient (Wildman–Crippen LogP) is 8.52. The summed E-state index contributed by atoms with van der Waals surface area (Å²) in [5.74, 6) is 0.109. The predicted molar refractivity (Wildman–Crippen MR) is 115 cm³/mol. The summed E-state index contributed by atoms with van der Waals surface area (Å²) in [6.07, 6.45) is 12.3. The number of rotatable bonds is 1. The molecule has 0 saturated heterocycles. The monoisotopic (exact) mass is 334 g/mol. The first-order valence-corrected chi connectivity index (χ1v) is 9.28. The highest BCUT2D eigenvalue weighted by molar-refractivity contribution is 5.03. The van der Waals surface area contributed by atoms with Gasteiger partial charge in [0.2, 0.25) is 0 Å². The highest BCUT2D eigenvalue weighted by Crippen LogP contribution is 2.15. The highest BCUT2D eigenvalue weighted by atomic mass is 16.3. The third kappa shape index (κ3) is 42.7. The molecule has 1 fully saturated rings. The molecule has 0 aromatic heterocycles. The maximum absolute atomic E-state index is 8.27. The Kier molecular flexibility index (Phi) is 47.1. The van der Waals surface area contributed by atoms with Crippen LogP contribution < -0.4 is 0 Å². The van der Waals surface area contributed by atoms with Gasteiger partial charge in [-0.3, -0.25) is 0 Å². The molecule has 140 valence electrons. The summed E-state index contributed by atoms with van der Waals surface area (Å²) >= 11 is 0. The number of allylic oxidation sites excluding steroid dienone is 2. The largest absolute Gasteiger partial charge is 0.509 e. The first-order chi connectivity index (χ1) is 11.8. The van der Waals surface area contributed by atoms with E-state index in [0.29, 0.717) is 0 Å². The molecule has 1 nitrogen and oxygen atoms in total. The van der Waals surface area contributed by atoms with Gasteiger partial charge in [-0.1, -0.05) is 115 Å². The van der Waals surface area contributed by atoms with Gasteiger partial charge < -0.3 is 5.11 Å². The van der Waals surface area contributed by atoms with Gasteiger partial charge in [0.05, 0.1) is 0 Å². The van der Waals surface area contributed by atoms with Crippen LogP contribution in [0.15, 0.2) is 74.0 Å². The van der Waals surface area contributed by atoms with Crippen molar-refractivity contribution in [1.29, 1.82) is 0 Å². The average molecular weight is 335 g/mol. The van der Waals surface area contributed by atoms with Gasteiger partial charge in [-0.25, -0.2) is 0 Å². The zero-order valence-corrected chi connectivity index (χ0v) is 16.9. The summed E-state index contributed by atoms with van der Waals surface area (Å²) in [7, 11) is 0. The molecule has 1 aromatic carbocycles. The van der Waals surface area contributed by atoms with Crippen LogP contribution >= 0.6 is 0 Å². The molecule has 0 heterocycles. The molecule has 0 aliphatic heterocycles. The molecule has 24 heavy (non-hydrogen) atoms. The van der Waals surface area contributed by atoms with Gasteiger partial charge in [-0.2, -0.15) is 0 Å². The van der Waals surface area contributed by atoms with Gasteiger partial charge in [0, 0.05) is 0 Å². The molecule has 1 aromatic rings. The van der Waals surface area contributed by atoms with Crippen molar-refractivity contribution in [2.24, 2.45) is 0 Å². The highest BCUT2D eigenvalue weighted by Gasteiger charge is 1.95. The van der Waals surface area contributed by atoms with E-state index in [9.17, 15) is 0 Å². The van der Waals surface area contributed by atoms with Crippen molar-refractivity contribution in [3.63, 3.8) is 0 Å². The summed E-state index contributed by atoms with van der Waals surface area (Å²) < 4.78 is 0. The number of aliphatic hydroxyl groups is 1. The third-order valence-corrected chi connectivity index (χ3v) is 2.53. The number of benzene rings is 1. The van der Waals surface area contributed by atoms with E-state index in [4.69, 9.17) is 5.11 Å². The Morgan fingerprint density at radius 1 is 0.708 bits per heavy atom. The smallest absolute Gasteiger partial charge is 0.108 e. The summed E-state index contributed by atoms with van der Waals surface area (Å²) in [4.78, 5) is 0. The van der Waals surface area contributed by atoms with Crippen LogP contribution in [-0.4, -0.2) is 5.11 Å². The van der Waals surface area contributed by atoms with Crippen molar-refractivity contribution in [2.45, 2.75) is 73.1 Å². The van der Waals surface area contributed by atoms with Gasteiger partial charge in [-0.15, -0.1) is 13.2 Å². The normalized spacial score (nSPS) is 11.0. The van der Waals surface area contributed by atoms with E-state index in [1.54, 1.807) is 6.08 Å². The Morgan fingerprint density at radius 2 is 0.917 bits per heavy atom. The first kappa shape index (κ1) is 30.2. The Morgan fingerprint density at radius 3 is 1.00 bits per heavy atom. The Bertz CT molecular complexity index is 272. The minimum atomic E-state index is 0.109. The molecule has 0 spiro atoms. The van der Waals surface area contributed by atoms with E-state index >= 15 is 0 Å². The van der Waals surface area contributed by atoms with Crippen LogP contribution in [0.5, 0.6) is 0 Å². The Labute approximate surface area is 152 Å². The molecule has 0 amide bonds. The van der Waals surface area contributed by atoms with Gasteiger partial charge >= 0.3 is 0 Å². The topological polar surface area (TPSA) is 20.2 Å². The Hall–Kier alpha value is -1.76. The number of hydrogen-bond donors (Lipinski definition) is 1. The maximum atomic E-state index is 8.27. The molecule has 1 aliphatic rings. The van der Waals surface area contributed by atoms with Gasteiger partial charge in [0.15, 0.2) is 0 Å². The van der Waals surface area contributed by atoms with Crippen LogP contribution in [-0.2, 0) is 0 Å². The molecular weight excluding hydrogens is 292 g/mol. The van der Waals surface area contributed by atoms with Crippen LogP contribution in [0.1, 0.15) is 73.1 Å². The van der Waals surface area contributed by atoms with Crippen molar-refractivity contribution in [3.05, 3.63) is 74.0 Å². The van der Waals surface area contributed by atoms with E-state index in [2.05, 4.69) is 19.7 Å². The fourth-order valence-electron chi connectivity index (χ4n) is 1.64. The van der Waals surface area contributed by atoms with Gasteiger partial charge in [0.1, 0.15) is 5.76 Å². The van der Waals surface area contributed by atoms with E-state index in [1.165, 1.54) is 44.6 Å². The molecule has 1 saturated carbocycles. The summed E-state index contributed by atoms with van der Waals surface area (Å²) in [6.45, 7) is 19.0. The fraction of sp³-hybridized carbons (Fsp3) is 0.478. The van der Waals surface area contributed by atoms with E-state index in [0.717, 1.165) is 0 Å². The molecule has 1 heteroatoms. The Balaban J connectivity index is -0.000000108. The van der Waals surface area contributed by atoms with Gasteiger partial charge in [-0.05, 0) is 13.0 Å². The molecule has 0 atom stereocenters. The SMILES string of the molecule is C1CCCCC1.C=C.C=C(O)/C=C\C.CC.CC.c1ccccc1.